The molecule has 0 radical (unpaired) electrons. The fourth-order valence-corrected chi connectivity index (χ4v) is 1.61. The Bertz CT molecular complexity index is 691. The monoisotopic (exact) mass is 225 g/mol. The molecular weight excluding hydrogens is 218 g/mol. The summed E-state index contributed by atoms with van der Waals surface area (Å²) in [6.07, 6.45) is 3.57. The second-order valence-electron chi connectivity index (χ2n) is 3.45. The second kappa shape index (κ2) is 3.79. The number of rotatable bonds is 2. The zero-order valence-corrected chi connectivity index (χ0v) is 8.70. The number of oxazole rings is 1. The first kappa shape index (κ1) is 9.65. The van der Waals surface area contributed by atoms with E-state index >= 15 is 0 Å². The SMILES string of the molecule is O=Cc1nccc(-c2ccc3ncoc3c2)n1. The summed E-state index contributed by atoms with van der Waals surface area (Å²) in [5.41, 5.74) is 3.02. The molecular formula is C12H7N3O2. The first-order valence-corrected chi connectivity index (χ1v) is 4.99. The van der Waals surface area contributed by atoms with E-state index in [9.17, 15) is 4.79 Å². The van der Waals surface area contributed by atoms with Crippen LogP contribution in [0.1, 0.15) is 10.6 Å². The molecule has 2 heterocycles. The Balaban J connectivity index is 2.15. The molecule has 1 aromatic carbocycles. The smallest absolute Gasteiger partial charge is 0.193 e. The lowest BCUT2D eigenvalue weighted by Gasteiger charge is -2.00. The van der Waals surface area contributed by atoms with Crippen molar-refractivity contribution in [3.8, 4) is 11.3 Å². The Kier molecular flexibility index (Phi) is 2.15. The molecule has 0 spiro atoms. The number of carbonyl (C=O) groups is 1. The zero-order valence-electron chi connectivity index (χ0n) is 8.70. The molecule has 0 N–H and O–H groups in total. The van der Waals surface area contributed by atoms with Gasteiger partial charge in [-0.2, -0.15) is 0 Å². The molecule has 0 unspecified atom stereocenters. The fourth-order valence-electron chi connectivity index (χ4n) is 1.61. The highest BCUT2D eigenvalue weighted by molar-refractivity contribution is 5.79. The molecule has 0 amide bonds. The normalized spacial score (nSPS) is 10.6. The molecule has 2 aromatic heterocycles. The van der Waals surface area contributed by atoms with Gasteiger partial charge in [0.15, 0.2) is 24.1 Å². The summed E-state index contributed by atoms with van der Waals surface area (Å²) in [5, 5.41) is 0. The van der Waals surface area contributed by atoms with Gasteiger partial charge in [0, 0.05) is 11.8 Å². The van der Waals surface area contributed by atoms with Gasteiger partial charge in [-0.3, -0.25) is 4.79 Å². The van der Waals surface area contributed by atoms with E-state index in [0.29, 0.717) is 17.6 Å². The Labute approximate surface area is 96.1 Å². The molecule has 0 aliphatic heterocycles. The van der Waals surface area contributed by atoms with E-state index in [0.717, 1.165) is 11.1 Å². The van der Waals surface area contributed by atoms with E-state index in [1.165, 1.54) is 6.39 Å². The Morgan fingerprint density at radius 1 is 1.18 bits per heavy atom. The minimum absolute atomic E-state index is 0.167. The van der Waals surface area contributed by atoms with Crippen LogP contribution in [0.2, 0.25) is 0 Å². The van der Waals surface area contributed by atoms with E-state index in [4.69, 9.17) is 4.42 Å². The predicted molar refractivity (Wildman–Crippen MR) is 60.4 cm³/mol. The van der Waals surface area contributed by atoms with Gasteiger partial charge >= 0.3 is 0 Å². The van der Waals surface area contributed by atoms with Crippen molar-refractivity contribution in [2.75, 3.05) is 0 Å². The quantitative estimate of drug-likeness (QED) is 0.624. The van der Waals surface area contributed by atoms with Crippen molar-refractivity contribution in [1.82, 2.24) is 15.0 Å². The molecule has 3 rings (SSSR count). The summed E-state index contributed by atoms with van der Waals surface area (Å²) >= 11 is 0. The summed E-state index contributed by atoms with van der Waals surface area (Å²) in [7, 11) is 0. The van der Waals surface area contributed by atoms with Gasteiger partial charge in [0.25, 0.3) is 0 Å². The highest BCUT2D eigenvalue weighted by Gasteiger charge is 2.04. The van der Waals surface area contributed by atoms with Gasteiger partial charge in [-0.05, 0) is 18.2 Å². The first-order valence-electron chi connectivity index (χ1n) is 4.99. The summed E-state index contributed by atoms with van der Waals surface area (Å²) in [5.74, 6) is 0.167. The fraction of sp³-hybridized carbons (Fsp3) is 0. The minimum Gasteiger partial charge on any atom is -0.443 e. The number of nitrogens with zero attached hydrogens (tertiary/aromatic N) is 3. The number of hydrogen-bond acceptors (Lipinski definition) is 5. The Morgan fingerprint density at radius 3 is 3.00 bits per heavy atom. The lowest BCUT2D eigenvalue weighted by atomic mass is 10.1. The highest BCUT2D eigenvalue weighted by Crippen LogP contribution is 2.21. The van der Waals surface area contributed by atoms with Crippen LogP contribution >= 0.6 is 0 Å². The van der Waals surface area contributed by atoms with Crippen molar-refractivity contribution in [2.24, 2.45) is 0 Å². The first-order chi connectivity index (χ1) is 8.36. The average Bonchev–Trinajstić information content (AvgIpc) is 2.86. The molecule has 17 heavy (non-hydrogen) atoms. The molecule has 0 saturated carbocycles. The van der Waals surface area contributed by atoms with Crippen LogP contribution in [0.5, 0.6) is 0 Å². The number of aromatic nitrogens is 3. The minimum atomic E-state index is 0.167. The predicted octanol–water partition coefficient (Wildman–Crippen LogP) is 2.10. The van der Waals surface area contributed by atoms with Crippen LogP contribution in [-0.2, 0) is 0 Å². The molecule has 0 aliphatic rings. The average molecular weight is 225 g/mol. The van der Waals surface area contributed by atoms with Crippen LogP contribution in [0.25, 0.3) is 22.4 Å². The lowest BCUT2D eigenvalue weighted by molar-refractivity contribution is 0.111. The molecule has 0 bridgehead atoms. The van der Waals surface area contributed by atoms with Gasteiger partial charge in [-0.25, -0.2) is 15.0 Å². The second-order valence-corrected chi connectivity index (χ2v) is 3.45. The van der Waals surface area contributed by atoms with E-state index in [2.05, 4.69) is 15.0 Å². The van der Waals surface area contributed by atoms with Crippen molar-refractivity contribution in [1.29, 1.82) is 0 Å². The van der Waals surface area contributed by atoms with Crippen LogP contribution in [-0.4, -0.2) is 21.2 Å². The van der Waals surface area contributed by atoms with Gasteiger partial charge in [-0.15, -0.1) is 0 Å². The molecule has 0 aliphatic carbocycles. The third-order valence-electron chi connectivity index (χ3n) is 2.41. The van der Waals surface area contributed by atoms with E-state index in [-0.39, 0.29) is 5.82 Å². The van der Waals surface area contributed by atoms with Crippen LogP contribution in [0.4, 0.5) is 0 Å². The summed E-state index contributed by atoms with van der Waals surface area (Å²) in [4.78, 5) is 22.6. The summed E-state index contributed by atoms with van der Waals surface area (Å²) < 4.78 is 5.21. The van der Waals surface area contributed by atoms with Gasteiger partial charge < -0.3 is 4.42 Å². The number of carbonyl (C=O) groups excluding carboxylic acids is 1. The largest absolute Gasteiger partial charge is 0.443 e. The maximum Gasteiger partial charge on any atom is 0.193 e. The van der Waals surface area contributed by atoms with Crippen LogP contribution in [0.15, 0.2) is 41.3 Å². The number of benzene rings is 1. The van der Waals surface area contributed by atoms with Crippen molar-refractivity contribution >= 4 is 17.4 Å². The number of hydrogen-bond donors (Lipinski definition) is 0. The Hall–Kier alpha value is -2.56. The molecule has 5 heteroatoms. The Morgan fingerprint density at radius 2 is 2.12 bits per heavy atom. The van der Waals surface area contributed by atoms with Crippen molar-refractivity contribution in [3.05, 3.63) is 42.7 Å². The van der Waals surface area contributed by atoms with E-state index in [1.807, 2.05) is 18.2 Å². The molecule has 3 aromatic rings. The molecule has 5 nitrogen and oxygen atoms in total. The molecule has 0 atom stereocenters. The van der Waals surface area contributed by atoms with Crippen molar-refractivity contribution < 1.29 is 9.21 Å². The van der Waals surface area contributed by atoms with E-state index in [1.54, 1.807) is 12.3 Å². The topological polar surface area (TPSA) is 68.9 Å². The van der Waals surface area contributed by atoms with Gasteiger partial charge in [0.1, 0.15) is 5.52 Å². The van der Waals surface area contributed by atoms with Crippen LogP contribution in [0, 0.1) is 0 Å². The van der Waals surface area contributed by atoms with Crippen LogP contribution < -0.4 is 0 Å². The van der Waals surface area contributed by atoms with E-state index < -0.39 is 0 Å². The molecule has 82 valence electrons. The number of aldehydes is 1. The van der Waals surface area contributed by atoms with Crippen molar-refractivity contribution in [2.45, 2.75) is 0 Å². The highest BCUT2D eigenvalue weighted by atomic mass is 16.3. The van der Waals surface area contributed by atoms with Gasteiger partial charge in [-0.1, -0.05) is 6.07 Å². The summed E-state index contributed by atoms with van der Waals surface area (Å²) in [6.45, 7) is 0. The number of fused-ring (bicyclic) bond motifs is 1. The van der Waals surface area contributed by atoms with Crippen molar-refractivity contribution in [3.63, 3.8) is 0 Å². The maximum absolute atomic E-state index is 10.6. The standard InChI is InChI=1S/C12H7N3O2/c16-6-12-13-4-3-9(15-12)8-1-2-10-11(5-8)17-7-14-10/h1-7H. The third kappa shape index (κ3) is 1.67. The van der Waals surface area contributed by atoms with Crippen LogP contribution in [0.3, 0.4) is 0 Å². The maximum atomic E-state index is 10.6. The third-order valence-corrected chi connectivity index (χ3v) is 2.41. The lowest BCUT2D eigenvalue weighted by Crippen LogP contribution is -1.93. The zero-order chi connectivity index (χ0) is 11.7. The summed E-state index contributed by atoms with van der Waals surface area (Å²) in [6, 6.07) is 7.29. The van der Waals surface area contributed by atoms with Gasteiger partial charge in [0.2, 0.25) is 0 Å². The molecule has 0 saturated heterocycles. The molecule has 0 fully saturated rings. The van der Waals surface area contributed by atoms with Gasteiger partial charge in [0.05, 0.1) is 5.69 Å².